The van der Waals surface area contributed by atoms with Gasteiger partial charge in [-0.1, -0.05) is 24.3 Å². The van der Waals surface area contributed by atoms with Crippen molar-refractivity contribution in [3.05, 3.63) is 83.2 Å². The van der Waals surface area contributed by atoms with Crippen LogP contribution in [-0.4, -0.2) is 45.7 Å². The fraction of sp³-hybridized carbons (Fsp3) is 0.240. The summed E-state index contributed by atoms with van der Waals surface area (Å²) in [5, 5.41) is 9.46. The molecule has 3 aromatic carbocycles. The van der Waals surface area contributed by atoms with Crippen LogP contribution in [0.4, 0.5) is 21.5 Å². The Bertz CT molecular complexity index is 1340. The van der Waals surface area contributed by atoms with Crippen LogP contribution in [-0.2, 0) is 10.0 Å². The van der Waals surface area contributed by atoms with E-state index in [0.29, 0.717) is 43.1 Å². The van der Waals surface area contributed by atoms with Crippen LogP contribution in [0.3, 0.4) is 0 Å². The first kappa shape index (κ1) is 23.6. The lowest BCUT2D eigenvalue weighted by Crippen LogP contribution is -2.47. The van der Waals surface area contributed by atoms with Crippen LogP contribution >= 0.6 is 0 Å². The van der Waals surface area contributed by atoms with Crippen LogP contribution in [0.25, 0.3) is 0 Å². The molecule has 0 aromatic heterocycles. The SMILES string of the molecule is Cc1ccc(C)c(S(=O)(=O)Nc2cc(C(=O)O)ccc2N2CCN(c3ccccc3F)CC2)c1. The first-order valence-corrected chi connectivity index (χ1v) is 12.4. The van der Waals surface area contributed by atoms with Gasteiger partial charge in [0.2, 0.25) is 0 Å². The van der Waals surface area contributed by atoms with Gasteiger partial charge >= 0.3 is 5.97 Å². The number of para-hydroxylation sites is 1. The summed E-state index contributed by atoms with van der Waals surface area (Å²) in [5.74, 6) is -1.44. The Morgan fingerprint density at radius 3 is 2.21 bits per heavy atom. The van der Waals surface area contributed by atoms with Gasteiger partial charge in [-0.3, -0.25) is 4.72 Å². The van der Waals surface area contributed by atoms with Crippen molar-refractivity contribution in [1.29, 1.82) is 0 Å². The fourth-order valence-electron chi connectivity index (χ4n) is 4.12. The Balaban J connectivity index is 1.64. The Morgan fingerprint density at radius 1 is 0.912 bits per heavy atom. The van der Waals surface area contributed by atoms with Gasteiger partial charge in [-0.15, -0.1) is 0 Å². The van der Waals surface area contributed by atoms with Gasteiger partial charge in [-0.05, 0) is 61.4 Å². The number of nitrogens with one attached hydrogen (secondary N) is 1. The summed E-state index contributed by atoms with van der Waals surface area (Å²) in [4.78, 5) is 15.6. The quantitative estimate of drug-likeness (QED) is 0.544. The van der Waals surface area contributed by atoms with Gasteiger partial charge in [0.05, 0.1) is 27.5 Å². The van der Waals surface area contributed by atoms with E-state index in [1.54, 1.807) is 43.3 Å². The minimum atomic E-state index is -3.96. The molecule has 3 aromatic rings. The maximum Gasteiger partial charge on any atom is 0.335 e. The highest BCUT2D eigenvalue weighted by molar-refractivity contribution is 7.92. The van der Waals surface area contributed by atoms with Crippen molar-refractivity contribution in [1.82, 2.24) is 0 Å². The molecule has 7 nitrogen and oxygen atoms in total. The number of sulfonamides is 1. The number of carboxylic acids is 1. The van der Waals surface area contributed by atoms with Crippen molar-refractivity contribution in [3.63, 3.8) is 0 Å². The molecular weight excluding hydrogens is 457 g/mol. The van der Waals surface area contributed by atoms with Gasteiger partial charge in [-0.2, -0.15) is 0 Å². The number of carbonyl (C=O) groups is 1. The predicted octanol–water partition coefficient (Wildman–Crippen LogP) is 4.27. The summed E-state index contributed by atoms with van der Waals surface area (Å²) >= 11 is 0. The van der Waals surface area contributed by atoms with Gasteiger partial charge in [0.1, 0.15) is 5.82 Å². The van der Waals surface area contributed by atoms with Crippen molar-refractivity contribution < 1.29 is 22.7 Å². The second-order valence-corrected chi connectivity index (χ2v) is 9.99. The molecule has 0 unspecified atom stereocenters. The highest BCUT2D eigenvalue weighted by atomic mass is 32.2. The van der Waals surface area contributed by atoms with Crippen LogP contribution in [0.2, 0.25) is 0 Å². The summed E-state index contributed by atoms with van der Waals surface area (Å²) in [6.07, 6.45) is 0. The molecule has 1 aliphatic rings. The number of benzene rings is 3. The Morgan fingerprint density at radius 2 is 1.56 bits per heavy atom. The maximum absolute atomic E-state index is 14.2. The topological polar surface area (TPSA) is 89.9 Å². The lowest BCUT2D eigenvalue weighted by Gasteiger charge is -2.38. The first-order valence-electron chi connectivity index (χ1n) is 10.9. The molecule has 1 fully saturated rings. The number of halogens is 1. The number of aromatic carboxylic acids is 1. The molecule has 4 rings (SSSR count). The summed E-state index contributed by atoms with van der Waals surface area (Å²) in [7, 11) is -3.96. The summed E-state index contributed by atoms with van der Waals surface area (Å²) < 4.78 is 43.3. The van der Waals surface area contributed by atoms with E-state index in [2.05, 4.69) is 4.72 Å². The fourth-order valence-corrected chi connectivity index (χ4v) is 5.52. The lowest BCUT2D eigenvalue weighted by molar-refractivity contribution is 0.0697. The Kier molecular flexibility index (Phi) is 6.47. The highest BCUT2D eigenvalue weighted by Crippen LogP contribution is 2.32. The minimum Gasteiger partial charge on any atom is -0.478 e. The molecule has 34 heavy (non-hydrogen) atoms. The van der Waals surface area contributed by atoms with Crippen molar-refractivity contribution in [3.8, 4) is 0 Å². The number of nitrogens with zero attached hydrogens (tertiary/aromatic N) is 2. The number of aryl methyl sites for hydroxylation is 2. The summed E-state index contributed by atoms with van der Waals surface area (Å²) in [5.41, 5.74) is 2.67. The van der Waals surface area contributed by atoms with Gasteiger partial charge in [0.25, 0.3) is 10.0 Å². The molecule has 0 spiro atoms. The normalized spacial score (nSPS) is 14.2. The molecule has 178 valence electrons. The van der Waals surface area contributed by atoms with Crippen molar-refractivity contribution in [2.24, 2.45) is 0 Å². The number of rotatable bonds is 6. The number of hydrogen-bond donors (Lipinski definition) is 2. The molecule has 0 bridgehead atoms. The molecule has 1 aliphatic heterocycles. The van der Waals surface area contributed by atoms with E-state index in [1.807, 2.05) is 22.8 Å². The molecule has 2 N–H and O–H groups in total. The zero-order valence-corrected chi connectivity index (χ0v) is 19.8. The molecule has 0 saturated carbocycles. The zero-order chi connectivity index (χ0) is 24.5. The van der Waals surface area contributed by atoms with E-state index in [0.717, 1.165) is 5.56 Å². The van der Waals surface area contributed by atoms with E-state index in [4.69, 9.17) is 0 Å². The first-order chi connectivity index (χ1) is 16.2. The third-order valence-electron chi connectivity index (χ3n) is 5.93. The molecule has 9 heteroatoms. The van der Waals surface area contributed by atoms with Crippen LogP contribution in [0.15, 0.2) is 65.6 Å². The van der Waals surface area contributed by atoms with Crippen molar-refractivity contribution >= 4 is 33.1 Å². The summed E-state index contributed by atoms with van der Waals surface area (Å²) in [6.45, 7) is 5.61. The Labute approximate surface area is 198 Å². The van der Waals surface area contributed by atoms with Crippen molar-refractivity contribution in [2.45, 2.75) is 18.7 Å². The summed E-state index contributed by atoms with van der Waals surface area (Å²) in [6, 6.07) is 16.2. The van der Waals surface area contributed by atoms with E-state index in [1.165, 1.54) is 18.2 Å². The third-order valence-corrected chi connectivity index (χ3v) is 7.44. The van der Waals surface area contributed by atoms with E-state index >= 15 is 0 Å². The molecule has 0 atom stereocenters. The number of anilines is 3. The van der Waals surface area contributed by atoms with E-state index in [9.17, 15) is 22.7 Å². The van der Waals surface area contributed by atoms with Gasteiger partial charge in [0.15, 0.2) is 0 Å². The number of piperazine rings is 1. The van der Waals surface area contributed by atoms with Crippen LogP contribution in [0.5, 0.6) is 0 Å². The average Bonchev–Trinajstić information content (AvgIpc) is 2.81. The third kappa shape index (κ3) is 4.84. The second-order valence-electron chi connectivity index (χ2n) is 8.34. The molecule has 0 amide bonds. The lowest BCUT2D eigenvalue weighted by atomic mass is 10.1. The van der Waals surface area contributed by atoms with Gasteiger partial charge in [0, 0.05) is 26.2 Å². The van der Waals surface area contributed by atoms with Gasteiger partial charge < -0.3 is 14.9 Å². The Hall–Kier alpha value is -3.59. The van der Waals surface area contributed by atoms with Gasteiger partial charge in [-0.25, -0.2) is 17.6 Å². The van der Waals surface area contributed by atoms with Crippen LogP contribution in [0.1, 0.15) is 21.5 Å². The van der Waals surface area contributed by atoms with Crippen LogP contribution < -0.4 is 14.5 Å². The van der Waals surface area contributed by atoms with Crippen molar-refractivity contribution in [2.75, 3.05) is 40.7 Å². The molecule has 1 heterocycles. The molecule has 1 saturated heterocycles. The number of carboxylic acid groups (broad SMARTS) is 1. The highest BCUT2D eigenvalue weighted by Gasteiger charge is 2.25. The average molecular weight is 484 g/mol. The second kappa shape index (κ2) is 9.34. The monoisotopic (exact) mass is 483 g/mol. The predicted molar refractivity (Wildman–Crippen MR) is 131 cm³/mol. The minimum absolute atomic E-state index is 0.0209. The standard InChI is InChI=1S/C25H26FN3O4S/c1-17-7-8-18(2)24(15-17)34(32,33)27-21-16-19(25(30)31)9-10-23(21)29-13-11-28(12-14-29)22-6-4-3-5-20(22)26/h3-10,15-16,27H,11-14H2,1-2H3,(H,30,31). The zero-order valence-electron chi connectivity index (χ0n) is 19.0. The molecule has 0 radical (unpaired) electrons. The smallest absolute Gasteiger partial charge is 0.335 e. The molecular formula is C25H26FN3O4S. The number of hydrogen-bond acceptors (Lipinski definition) is 5. The van der Waals surface area contributed by atoms with E-state index < -0.39 is 16.0 Å². The molecule has 0 aliphatic carbocycles. The largest absolute Gasteiger partial charge is 0.478 e. The van der Waals surface area contributed by atoms with E-state index in [-0.39, 0.29) is 22.0 Å². The van der Waals surface area contributed by atoms with Crippen LogP contribution in [0, 0.1) is 19.7 Å². The maximum atomic E-state index is 14.2.